The Kier molecular flexibility index (Phi) is 5.22. The van der Waals surface area contributed by atoms with Crippen LogP contribution in [0, 0.1) is 17.2 Å². The van der Waals surface area contributed by atoms with Crippen molar-refractivity contribution >= 4 is 5.91 Å². The highest BCUT2D eigenvalue weighted by molar-refractivity contribution is 5.78. The molecule has 3 nitrogen and oxygen atoms in total. The van der Waals surface area contributed by atoms with E-state index in [1.165, 1.54) is 0 Å². The first-order chi connectivity index (χ1) is 8.11. The molecular weight excluding hydrogens is 212 g/mol. The summed E-state index contributed by atoms with van der Waals surface area (Å²) in [5.74, 6) is 0.639. The highest BCUT2D eigenvalue weighted by atomic mass is 16.1. The van der Waals surface area contributed by atoms with Crippen LogP contribution in [-0.4, -0.2) is 12.5 Å². The fraction of sp³-hybridized carbons (Fsp3) is 0.429. The number of carbonyl (C=O) groups is 1. The van der Waals surface area contributed by atoms with E-state index in [1.54, 1.807) is 12.1 Å². The quantitative estimate of drug-likeness (QED) is 0.843. The Labute approximate surface area is 102 Å². The monoisotopic (exact) mass is 230 g/mol. The van der Waals surface area contributed by atoms with Crippen LogP contribution in [0.1, 0.15) is 31.4 Å². The van der Waals surface area contributed by atoms with Gasteiger partial charge in [-0.3, -0.25) is 4.79 Å². The second kappa shape index (κ2) is 6.70. The molecule has 0 aliphatic carbocycles. The van der Waals surface area contributed by atoms with Crippen molar-refractivity contribution in [2.45, 2.75) is 26.7 Å². The highest BCUT2D eigenvalue weighted by Gasteiger charge is 2.03. The summed E-state index contributed by atoms with van der Waals surface area (Å²) < 4.78 is 0. The van der Waals surface area contributed by atoms with Crippen molar-refractivity contribution in [2.75, 3.05) is 6.54 Å². The SMILES string of the molecule is CC(C)CCNC(=O)Cc1ccc(C#N)cc1. The standard InChI is InChI=1S/C14H18N2O/c1-11(2)7-8-16-14(17)9-12-3-5-13(10-15)6-4-12/h3-6,11H,7-9H2,1-2H3,(H,16,17). The average Bonchev–Trinajstić information content (AvgIpc) is 2.29. The summed E-state index contributed by atoms with van der Waals surface area (Å²) >= 11 is 0. The van der Waals surface area contributed by atoms with Gasteiger partial charge in [0.2, 0.25) is 5.91 Å². The van der Waals surface area contributed by atoms with E-state index in [4.69, 9.17) is 5.26 Å². The number of benzene rings is 1. The molecule has 1 aromatic carbocycles. The second-order valence-corrected chi connectivity index (χ2v) is 4.52. The molecule has 0 heterocycles. The largest absolute Gasteiger partial charge is 0.356 e. The van der Waals surface area contributed by atoms with E-state index in [1.807, 2.05) is 12.1 Å². The van der Waals surface area contributed by atoms with Gasteiger partial charge < -0.3 is 5.32 Å². The number of carbonyl (C=O) groups excluding carboxylic acids is 1. The normalized spacial score (nSPS) is 10.0. The third kappa shape index (κ3) is 5.17. The minimum Gasteiger partial charge on any atom is -0.356 e. The lowest BCUT2D eigenvalue weighted by molar-refractivity contribution is -0.120. The zero-order chi connectivity index (χ0) is 12.7. The summed E-state index contributed by atoms with van der Waals surface area (Å²) in [7, 11) is 0. The van der Waals surface area contributed by atoms with Crippen molar-refractivity contribution in [3.8, 4) is 6.07 Å². The lowest BCUT2D eigenvalue weighted by Gasteiger charge is -2.07. The summed E-state index contributed by atoms with van der Waals surface area (Å²) in [5, 5.41) is 11.5. The highest BCUT2D eigenvalue weighted by Crippen LogP contribution is 2.04. The Hall–Kier alpha value is -1.82. The van der Waals surface area contributed by atoms with Crippen LogP contribution >= 0.6 is 0 Å². The molecule has 0 unspecified atom stereocenters. The number of rotatable bonds is 5. The lowest BCUT2D eigenvalue weighted by Crippen LogP contribution is -2.26. The topological polar surface area (TPSA) is 52.9 Å². The van der Waals surface area contributed by atoms with Crippen LogP contribution in [0.5, 0.6) is 0 Å². The van der Waals surface area contributed by atoms with Crippen molar-refractivity contribution in [3.63, 3.8) is 0 Å². The Morgan fingerprint density at radius 3 is 2.53 bits per heavy atom. The Balaban J connectivity index is 2.37. The third-order valence-electron chi connectivity index (χ3n) is 2.49. The first-order valence-corrected chi connectivity index (χ1v) is 5.87. The average molecular weight is 230 g/mol. The van der Waals surface area contributed by atoms with E-state index < -0.39 is 0 Å². The van der Waals surface area contributed by atoms with Crippen molar-refractivity contribution in [1.82, 2.24) is 5.32 Å². The van der Waals surface area contributed by atoms with Gasteiger partial charge in [-0.15, -0.1) is 0 Å². The molecule has 1 amide bonds. The molecule has 0 radical (unpaired) electrons. The van der Waals surface area contributed by atoms with Crippen LogP contribution in [-0.2, 0) is 11.2 Å². The molecule has 0 aliphatic heterocycles. The Morgan fingerprint density at radius 1 is 1.35 bits per heavy atom. The van der Waals surface area contributed by atoms with E-state index >= 15 is 0 Å². The van der Waals surface area contributed by atoms with Gasteiger partial charge in [-0.05, 0) is 30.0 Å². The van der Waals surface area contributed by atoms with Gasteiger partial charge in [0.1, 0.15) is 0 Å². The molecule has 90 valence electrons. The predicted octanol–water partition coefficient (Wildman–Crippen LogP) is 2.26. The Morgan fingerprint density at radius 2 is 2.00 bits per heavy atom. The van der Waals surface area contributed by atoms with Crippen LogP contribution in [0.4, 0.5) is 0 Å². The van der Waals surface area contributed by atoms with Gasteiger partial charge in [0.25, 0.3) is 0 Å². The van der Waals surface area contributed by atoms with Crippen LogP contribution in [0.3, 0.4) is 0 Å². The maximum absolute atomic E-state index is 11.6. The summed E-state index contributed by atoms with van der Waals surface area (Å²) in [6.45, 7) is 4.99. The smallest absolute Gasteiger partial charge is 0.224 e. The van der Waals surface area contributed by atoms with Gasteiger partial charge in [-0.2, -0.15) is 5.26 Å². The van der Waals surface area contributed by atoms with Gasteiger partial charge in [0.15, 0.2) is 0 Å². The van der Waals surface area contributed by atoms with Crippen LogP contribution < -0.4 is 5.32 Å². The molecule has 0 aliphatic rings. The van der Waals surface area contributed by atoms with E-state index in [-0.39, 0.29) is 5.91 Å². The molecule has 0 aromatic heterocycles. The van der Waals surface area contributed by atoms with Crippen LogP contribution in [0.25, 0.3) is 0 Å². The van der Waals surface area contributed by atoms with Gasteiger partial charge in [-0.1, -0.05) is 26.0 Å². The van der Waals surface area contributed by atoms with E-state index in [0.29, 0.717) is 17.9 Å². The molecule has 1 rings (SSSR count). The van der Waals surface area contributed by atoms with Crippen molar-refractivity contribution < 1.29 is 4.79 Å². The van der Waals surface area contributed by atoms with Crippen molar-refractivity contribution in [2.24, 2.45) is 5.92 Å². The number of amides is 1. The number of nitriles is 1. The Bertz CT molecular complexity index is 401. The molecule has 0 atom stereocenters. The van der Waals surface area contributed by atoms with Crippen LogP contribution in [0.15, 0.2) is 24.3 Å². The summed E-state index contributed by atoms with van der Waals surface area (Å²) in [6, 6.07) is 9.16. The maximum Gasteiger partial charge on any atom is 0.224 e. The molecule has 17 heavy (non-hydrogen) atoms. The summed E-state index contributed by atoms with van der Waals surface area (Å²) in [6.07, 6.45) is 1.38. The number of nitrogens with zero attached hydrogens (tertiary/aromatic N) is 1. The van der Waals surface area contributed by atoms with Gasteiger partial charge in [0.05, 0.1) is 18.1 Å². The van der Waals surface area contributed by atoms with Gasteiger partial charge >= 0.3 is 0 Å². The maximum atomic E-state index is 11.6. The molecule has 0 saturated carbocycles. The fourth-order valence-corrected chi connectivity index (χ4v) is 1.45. The van der Waals surface area contributed by atoms with E-state index in [9.17, 15) is 4.79 Å². The lowest BCUT2D eigenvalue weighted by atomic mass is 10.1. The fourth-order valence-electron chi connectivity index (χ4n) is 1.45. The number of hydrogen-bond donors (Lipinski definition) is 1. The first-order valence-electron chi connectivity index (χ1n) is 5.87. The number of nitrogens with one attached hydrogen (secondary N) is 1. The van der Waals surface area contributed by atoms with Gasteiger partial charge in [0, 0.05) is 6.54 Å². The van der Waals surface area contributed by atoms with Crippen LogP contribution in [0.2, 0.25) is 0 Å². The molecular formula is C14H18N2O. The second-order valence-electron chi connectivity index (χ2n) is 4.52. The van der Waals surface area contributed by atoms with E-state index in [2.05, 4.69) is 25.2 Å². The predicted molar refractivity (Wildman–Crippen MR) is 67.3 cm³/mol. The number of hydrogen-bond acceptors (Lipinski definition) is 2. The summed E-state index contributed by atoms with van der Waals surface area (Å²) in [4.78, 5) is 11.6. The zero-order valence-corrected chi connectivity index (χ0v) is 10.4. The van der Waals surface area contributed by atoms with Gasteiger partial charge in [-0.25, -0.2) is 0 Å². The zero-order valence-electron chi connectivity index (χ0n) is 10.4. The molecule has 0 spiro atoms. The van der Waals surface area contributed by atoms with Crippen molar-refractivity contribution in [1.29, 1.82) is 5.26 Å². The van der Waals surface area contributed by atoms with Crippen molar-refractivity contribution in [3.05, 3.63) is 35.4 Å². The third-order valence-corrected chi connectivity index (χ3v) is 2.49. The molecule has 3 heteroatoms. The molecule has 1 N–H and O–H groups in total. The minimum atomic E-state index is 0.0374. The summed E-state index contributed by atoms with van der Waals surface area (Å²) in [5.41, 5.74) is 1.56. The molecule has 0 saturated heterocycles. The molecule has 1 aromatic rings. The molecule has 0 bridgehead atoms. The van der Waals surface area contributed by atoms with E-state index in [0.717, 1.165) is 18.5 Å². The molecule has 0 fully saturated rings. The first kappa shape index (κ1) is 13.2. The minimum absolute atomic E-state index is 0.0374.